The number of hydrogen-bond donors (Lipinski definition) is 2. The van der Waals surface area contributed by atoms with Gasteiger partial charge in [0.05, 0.1) is 24.8 Å². The quantitative estimate of drug-likeness (QED) is 0.638. The summed E-state index contributed by atoms with van der Waals surface area (Å²) in [5, 5.41) is 19.4. The maximum Gasteiger partial charge on any atom is 0.191 e. The molecule has 0 aliphatic heterocycles. The second-order valence-electron chi connectivity index (χ2n) is 6.23. The first-order valence-corrected chi connectivity index (χ1v) is 8.51. The van der Waals surface area contributed by atoms with Crippen LogP contribution >= 0.6 is 0 Å². The van der Waals surface area contributed by atoms with Crippen molar-refractivity contribution < 1.29 is 0 Å². The van der Waals surface area contributed by atoms with Gasteiger partial charge in [0.2, 0.25) is 0 Å². The van der Waals surface area contributed by atoms with Crippen LogP contribution in [0.4, 0.5) is 0 Å². The molecule has 0 unspecified atom stereocenters. The molecule has 8 heteroatoms. The Bertz CT molecular complexity index is 693. The Morgan fingerprint density at radius 2 is 2.00 bits per heavy atom. The summed E-state index contributed by atoms with van der Waals surface area (Å²) in [4.78, 5) is 4.24. The average molecular weight is 330 g/mol. The molecule has 0 spiro atoms. The molecule has 1 saturated carbocycles. The van der Waals surface area contributed by atoms with Crippen LogP contribution in [0.3, 0.4) is 0 Å². The molecule has 0 bridgehead atoms. The number of hydrogen-bond acceptors (Lipinski definition) is 4. The number of nitrogens with zero attached hydrogens (tertiary/aromatic N) is 6. The summed E-state index contributed by atoms with van der Waals surface area (Å²) in [6.45, 7) is 3.16. The van der Waals surface area contributed by atoms with Crippen molar-refractivity contribution in [2.75, 3.05) is 7.05 Å². The Balaban J connectivity index is 1.50. The Morgan fingerprint density at radius 3 is 2.67 bits per heavy atom. The van der Waals surface area contributed by atoms with Crippen molar-refractivity contribution in [1.29, 1.82) is 0 Å². The standard InChI is InChI=1S/C16H26N8/c1-12-20-21-15(23(12)3)11-19-16(17-2)18-10-13-8-9-24(22-13)14-6-4-5-7-14/h8-9,14H,4-7,10-11H2,1-3H3,(H2,17,18,19). The number of aliphatic imine (C=N–C) groups is 1. The first-order chi connectivity index (χ1) is 11.7. The molecule has 2 heterocycles. The lowest BCUT2D eigenvalue weighted by molar-refractivity contribution is 0.462. The second kappa shape index (κ2) is 7.46. The molecule has 130 valence electrons. The molecule has 0 radical (unpaired) electrons. The molecule has 2 aromatic heterocycles. The van der Waals surface area contributed by atoms with Crippen molar-refractivity contribution in [3.05, 3.63) is 29.6 Å². The van der Waals surface area contributed by atoms with Gasteiger partial charge in [0, 0.05) is 20.3 Å². The summed E-state index contributed by atoms with van der Waals surface area (Å²) in [5.41, 5.74) is 1.03. The van der Waals surface area contributed by atoms with Crippen LogP contribution in [0.15, 0.2) is 17.3 Å². The van der Waals surface area contributed by atoms with Crippen LogP contribution in [-0.2, 0) is 20.1 Å². The van der Waals surface area contributed by atoms with Gasteiger partial charge in [-0.15, -0.1) is 10.2 Å². The van der Waals surface area contributed by atoms with Crippen LogP contribution in [0.2, 0.25) is 0 Å². The van der Waals surface area contributed by atoms with Crippen molar-refractivity contribution in [2.45, 2.75) is 51.7 Å². The van der Waals surface area contributed by atoms with Crippen LogP contribution in [-0.4, -0.2) is 37.6 Å². The minimum atomic E-state index is 0.577. The van der Waals surface area contributed by atoms with E-state index in [1.54, 1.807) is 7.05 Å². The van der Waals surface area contributed by atoms with E-state index >= 15 is 0 Å². The van der Waals surface area contributed by atoms with Crippen molar-refractivity contribution in [3.63, 3.8) is 0 Å². The predicted octanol–water partition coefficient (Wildman–Crippen LogP) is 1.30. The monoisotopic (exact) mass is 330 g/mol. The van der Waals surface area contributed by atoms with Crippen molar-refractivity contribution in [3.8, 4) is 0 Å². The molecule has 0 amide bonds. The third kappa shape index (κ3) is 3.74. The SMILES string of the molecule is CN=C(NCc1ccn(C2CCCC2)n1)NCc1nnc(C)n1C. The van der Waals surface area contributed by atoms with E-state index in [1.165, 1.54) is 25.7 Å². The van der Waals surface area contributed by atoms with Crippen LogP contribution in [0.1, 0.15) is 49.1 Å². The Hall–Kier alpha value is -2.38. The summed E-state index contributed by atoms with van der Waals surface area (Å²) in [7, 11) is 3.71. The van der Waals surface area contributed by atoms with E-state index in [2.05, 4.69) is 47.9 Å². The molecule has 1 aliphatic carbocycles. The number of aromatic nitrogens is 5. The van der Waals surface area contributed by atoms with Gasteiger partial charge in [-0.1, -0.05) is 12.8 Å². The van der Waals surface area contributed by atoms with Crippen LogP contribution in [0.25, 0.3) is 0 Å². The first kappa shape index (κ1) is 16.5. The maximum atomic E-state index is 4.68. The predicted molar refractivity (Wildman–Crippen MR) is 92.5 cm³/mol. The molecular weight excluding hydrogens is 304 g/mol. The fourth-order valence-corrected chi connectivity index (χ4v) is 3.01. The molecule has 0 atom stereocenters. The number of nitrogens with one attached hydrogen (secondary N) is 2. The minimum Gasteiger partial charge on any atom is -0.351 e. The van der Waals surface area contributed by atoms with E-state index < -0.39 is 0 Å². The van der Waals surface area contributed by atoms with E-state index in [-0.39, 0.29) is 0 Å². The molecule has 24 heavy (non-hydrogen) atoms. The highest BCUT2D eigenvalue weighted by Gasteiger charge is 2.17. The van der Waals surface area contributed by atoms with Crippen LogP contribution in [0, 0.1) is 6.92 Å². The number of rotatable bonds is 5. The topological polar surface area (TPSA) is 84.9 Å². The average Bonchev–Trinajstić information content (AvgIpc) is 3.32. The number of aryl methyl sites for hydroxylation is 1. The van der Waals surface area contributed by atoms with Crippen molar-refractivity contribution in [1.82, 2.24) is 35.2 Å². The fourth-order valence-electron chi connectivity index (χ4n) is 3.01. The zero-order valence-corrected chi connectivity index (χ0v) is 14.7. The van der Waals surface area contributed by atoms with Gasteiger partial charge < -0.3 is 15.2 Å². The maximum absolute atomic E-state index is 4.68. The fraction of sp³-hybridized carbons (Fsp3) is 0.625. The first-order valence-electron chi connectivity index (χ1n) is 8.51. The van der Waals surface area contributed by atoms with Crippen LogP contribution in [0.5, 0.6) is 0 Å². The molecule has 3 rings (SSSR count). The summed E-state index contributed by atoms with van der Waals surface area (Å²) >= 11 is 0. The number of guanidine groups is 1. The van der Waals surface area contributed by atoms with Gasteiger partial charge in [0.15, 0.2) is 11.8 Å². The largest absolute Gasteiger partial charge is 0.351 e. The zero-order chi connectivity index (χ0) is 16.9. The molecule has 2 N–H and O–H groups in total. The smallest absolute Gasteiger partial charge is 0.191 e. The molecule has 0 saturated heterocycles. The molecular formula is C16H26N8. The van der Waals surface area contributed by atoms with Crippen molar-refractivity contribution >= 4 is 5.96 Å². The Labute approximate surface area is 142 Å². The van der Waals surface area contributed by atoms with Gasteiger partial charge in [-0.3, -0.25) is 9.67 Å². The lowest BCUT2D eigenvalue weighted by atomic mass is 10.3. The van der Waals surface area contributed by atoms with E-state index in [4.69, 9.17) is 0 Å². The normalized spacial score (nSPS) is 15.9. The van der Waals surface area contributed by atoms with E-state index in [9.17, 15) is 0 Å². The lowest BCUT2D eigenvalue weighted by Crippen LogP contribution is -2.37. The molecule has 0 aromatic carbocycles. The zero-order valence-electron chi connectivity index (χ0n) is 14.7. The summed E-state index contributed by atoms with van der Waals surface area (Å²) in [5.74, 6) is 2.50. The van der Waals surface area contributed by atoms with E-state index in [1.807, 2.05) is 18.5 Å². The highest BCUT2D eigenvalue weighted by molar-refractivity contribution is 5.79. The lowest BCUT2D eigenvalue weighted by Gasteiger charge is -2.11. The second-order valence-corrected chi connectivity index (χ2v) is 6.23. The summed E-state index contributed by atoms with van der Waals surface area (Å²) < 4.78 is 4.08. The highest BCUT2D eigenvalue weighted by Crippen LogP contribution is 2.28. The van der Waals surface area contributed by atoms with Gasteiger partial charge >= 0.3 is 0 Å². The molecule has 1 fully saturated rings. The van der Waals surface area contributed by atoms with Gasteiger partial charge in [-0.2, -0.15) is 5.10 Å². The molecule has 1 aliphatic rings. The van der Waals surface area contributed by atoms with E-state index in [0.717, 1.165) is 23.3 Å². The van der Waals surface area contributed by atoms with Gasteiger partial charge in [-0.25, -0.2) is 0 Å². The third-order valence-electron chi connectivity index (χ3n) is 4.62. The molecule has 8 nitrogen and oxygen atoms in total. The third-order valence-corrected chi connectivity index (χ3v) is 4.62. The van der Waals surface area contributed by atoms with Gasteiger partial charge in [0.25, 0.3) is 0 Å². The van der Waals surface area contributed by atoms with Crippen molar-refractivity contribution in [2.24, 2.45) is 12.0 Å². The summed E-state index contributed by atoms with van der Waals surface area (Å²) in [6, 6.07) is 2.65. The highest BCUT2D eigenvalue weighted by atomic mass is 15.3. The van der Waals surface area contributed by atoms with Gasteiger partial charge in [-0.05, 0) is 25.8 Å². The van der Waals surface area contributed by atoms with Gasteiger partial charge in [0.1, 0.15) is 5.82 Å². The van der Waals surface area contributed by atoms with Crippen LogP contribution < -0.4 is 10.6 Å². The Kier molecular flexibility index (Phi) is 5.12. The Morgan fingerprint density at radius 1 is 1.25 bits per heavy atom. The van der Waals surface area contributed by atoms with E-state index in [0.29, 0.717) is 19.1 Å². The molecule has 2 aromatic rings. The summed E-state index contributed by atoms with van der Waals surface area (Å²) in [6.07, 6.45) is 7.21. The minimum absolute atomic E-state index is 0.577.